The predicted molar refractivity (Wildman–Crippen MR) is 151 cm³/mol. The van der Waals surface area contributed by atoms with Crippen LogP contribution >= 0.6 is 22.9 Å². The molecule has 0 radical (unpaired) electrons. The van der Waals surface area contributed by atoms with Crippen LogP contribution in [0.25, 0.3) is 28.7 Å². The second kappa shape index (κ2) is 10.8. The maximum absolute atomic E-state index is 13.6. The summed E-state index contributed by atoms with van der Waals surface area (Å²) in [6.45, 7) is 1.91. The summed E-state index contributed by atoms with van der Waals surface area (Å²) in [6, 6.07) is 29.0. The molecule has 0 atom stereocenters. The number of aromatic nitrogens is 1. The number of carbonyl (C=O) groups is 1. The Morgan fingerprint density at radius 3 is 2.53 bits per heavy atom. The molecule has 0 aliphatic heterocycles. The van der Waals surface area contributed by atoms with E-state index in [4.69, 9.17) is 16.0 Å². The predicted octanol–water partition coefficient (Wildman–Crippen LogP) is 5.26. The zero-order valence-corrected chi connectivity index (χ0v) is 21.7. The minimum atomic E-state index is -0.602. The highest BCUT2D eigenvalue weighted by Crippen LogP contribution is 2.29. The van der Waals surface area contributed by atoms with E-state index in [1.54, 1.807) is 60.7 Å². The van der Waals surface area contributed by atoms with Crippen molar-refractivity contribution in [1.29, 1.82) is 5.26 Å². The van der Waals surface area contributed by atoms with Gasteiger partial charge in [-0.15, -0.1) is 11.3 Å². The van der Waals surface area contributed by atoms with E-state index in [2.05, 4.69) is 5.32 Å². The molecule has 1 amide bonds. The van der Waals surface area contributed by atoms with Crippen LogP contribution in [0.1, 0.15) is 11.3 Å². The lowest BCUT2D eigenvalue weighted by molar-refractivity contribution is -0.111. The van der Waals surface area contributed by atoms with Gasteiger partial charge in [0, 0.05) is 17.3 Å². The number of rotatable bonds is 5. The van der Waals surface area contributed by atoms with E-state index >= 15 is 0 Å². The van der Waals surface area contributed by atoms with Crippen LogP contribution in [0.15, 0.2) is 100 Å². The third kappa shape index (κ3) is 5.09. The highest BCUT2D eigenvalue weighted by Gasteiger charge is 2.18. The number of halogens is 1. The molecule has 0 aliphatic rings. The van der Waals surface area contributed by atoms with Gasteiger partial charge in [-0.1, -0.05) is 54.1 Å². The summed E-state index contributed by atoms with van der Waals surface area (Å²) in [7, 11) is 0. The highest BCUT2D eigenvalue weighted by molar-refractivity contribution is 7.07. The van der Waals surface area contributed by atoms with Crippen molar-refractivity contribution in [1.82, 2.24) is 4.57 Å². The minimum Gasteiger partial charge on any atom is -0.457 e. The number of nitrogens with one attached hydrogen (secondary N) is 1. The molecule has 0 unspecified atom stereocenters. The molecule has 2 aromatic heterocycles. The van der Waals surface area contributed by atoms with Gasteiger partial charge in [-0.25, -0.2) is 0 Å². The number of furan rings is 1. The number of nitrogens with zero attached hydrogens (tertiary/aromatic N) is 2. The maximum Gasteiger partial charge on any atom is 0.273 e. The second-order valence-corrected chi connectivity index (χ2v) is 9.82. The lowest BCUT2D eigenvalue weighted by atomic mass is 10.2. The quantitative estimate of drug-likeness (QED) is 0.331. The number of thiazole rings is 1. The van der Waals surface area contributed by atoms with Crippen LogP contribution in [0.4, 0.5) is 5.69 Å². The van der Waals surface area contributed by atoms with Crippen molar-refractivity contribution in [3.63, 3.8) is 0 Å². The van der Waals surface area contributed by atoms with Crippen LogP contribution in [0.5, 0.6) is 0 Å². The average molecular weight is 538 g/mol. The molecule has 0 fully saturated rings. The molecule has 5 rings (SSSR count). The van der Waals surface area contributed by atoms with Gasteiger partial charge >= 0.3 is 0 Å². The van der Waals surface area contributed by atoms with Gasteiger partial charge in [0.2, 0.25) is 0 Å². The fourth-order valence-electron chi connectivity index (χ4n) is 3.94. The molecule has 8 heteroatoms. The van der Waals surface area contributed by atoms with Gasteiger partial charge in [0.25, 0.3) is 11.5 Å². The number of nitriles is 1. The first-order valence-corrected chi connectivity index (χ1v) is 12.8. The summed E-state index contributed by atoms with van der Waals surface area (Å²) in [6.07, 6.45) is 1.60. The standard InChI is InChI=1S/C30H20ClN3O3S/c1-19-8-7-9-20(16-19)33-28(35)24(18-32)30-34(21-10-3-2-4-11-21)29(36)27(38-30)17-22-14-15-26(37-22)23-12-5-6-13-25(23)31/h2-17H,1H3,(H,33,35)/b27-17+,30-24+. The average Bonchev–Trinajstić information content (AvgIpc) is 3.50. The van der Waals surface area contributed by atoms with Crippen molar-refractivity contribution in [2.75, 3.05) is 5.32 Å². The molecule has 38 heavy (non-hydrogen) atoms. The Hall–Kier alpha value is -4.64. The Morgan fingerprint density at radius 2 is 1.79 bits per heavy atom. The van der Waals surface area contributed by atoms with Crippen molar-refractivity contribution >= 4 is 46.2 Å². The summed E-state index contributed by atoms with van der Waals surface area (Å²) >= 11 is 7.35. The molecular weight excluding hydrogens is 518 g/mol. The zero-order chi connectivity index (χ0) is 26.6. The number of benzene rings is 3. The van der Waals surface area contributed by atoms with Gasteiger partial charge in [-0.2, -0.15) is 5.26 Å². The molecule has 0 aliphatic carbocycles. The summed E-state index contributed by atoms with van der Waals surface area (Å²) < 4.78 is 7.86. The summed E-state index contributed by atoms with van der Waals surface area (Å²) in [5.74, 6) is 0.395. The van der Waals surface area contributed by atoms with E-state index in [9.17, 15) is 14.9 Å². The first kappa shape index (κ1) is 25.0. The number of amides is 1. The zero-order valence-electron chi connectivity index (χ0n) is 20.1. The van der Waals surface area contributed by atoms with E-state index in [0.717, 1.165) is 22.5 Å². The Kier molecular flexibility index (Phi) is 7.09. The van der Waals surface area contributed by atoms with Gasteiger partial charge in [-0.05, 0) is 61.0 Å². The summed E-state index contributed by atoms with van der Waals surface area (Å²) in [4.78, 5) is 26.8. The fourth-order valence-corrected chi connectivity index (χ4v) is 5.25. The molecule has 3 aromatic carbocycles. The topological polar surface area (TPSA) is 88.0 Å². The third-order valence-electron chi connectivity index (χ3n) is 5.71. The summed E-state index contributed by atoms with van der Waals surface area (Å²) in [5.41, 5.74) is 2.25. The highest BCUT2D eigenvalue weighted by atomic mass is 35.5. The number of carbonyl (C=O) groups excluding carboxylic acids is 1. The smallest absolute Gasteiger partial charge is 0.273 e. The molecule has 5 aromatic rings. The lowest BCUT2D eigenvalue weighted by Crippen LogP contribution is -2.32. The van der Waals surface area contributed by atoms with Crippen LogP contribution in [0.2, 0.25) is 5.02 Å². The van der Waals surface area contributed by atoms with E-state index in [1.165, 1.54) is 4.57 Å². The molecule has 0 saturated carbocycles. The van der Waals surface area contributed by atoms with E-state index in [1.807, 2.05) is 49.4 Å². The van der Waals surface area contributed by atoms with Gasteiger partial charge in [0.1, 0.15) is 22.3 Å². The molecule has 0 spiro atoms. The molecular formula is C30H20ClN3O3S. The van der Waals surface area contributed by atoms with Gasteiger partial charge in [0.15, 0.2) is 5.57 Å². The molecule has 1 N–H and O–H groups in total. The number of para-hydroxylation sites is 1. The van der Waals surface area contributed by atoms with Gasteiger partial charge < -0.3 is 9.73 Å². The monoisotopic (exact) mass is 537 g/mol. The summed E-state index contributed by atoms with van der Waals surface area (Å²) in [5, 5.41) is 13.3. The minimum absolute atomic E-state index is 0.173. The lowest BCUT2D eigenvalue weighted by Gasteiger charge is -2.06. The van der Waals surface area contributed by atoms with Crippen LogP contribution in [-0.2, 0) is 4.79 Å². The number of aryl methyl sites for hydroxylation is 1. The first-order chi connectivity index (χ1) is 18.4. The van der Waals surface area contributed by atoms with E-state index in [-0.39, 0.29) is 15.8 Å². The Morgan fingerprint density at radius 1 is 1.03 bits per heavy atom. The first-order valence-electron chi connectivity index (χ1n) is 11.6. The van der Waals surface area contributed by atoms with Crippen molar-refractivity contribution in [3.8, 4) is 23.1 Å². The maximum atomic E-state index is 13.6. The molecule has 0 bridgehead atoms. The van der Waals surface area contributed by atoms with Crippen molar-refractivity contribution in [2.45, 2.75) is 6.92 Å². The third-order valence-corrected chi connectivity index (χ3v) is 7.13. The molecule has 2 heterocycles. The fraction of sp³-hybridized carbons (Fsp3) is 0.0333. The largest absolute Gasteiger partial charge is 0.457 e. The number of hydrogen-bond acceptors (Lipinski definition) is 5. The number of anilines is 1. The Bertz CT molecular complexity index is 1880. The van der Waals surface area contributed by atoms with Crippen molar-refractivity contribution in [2.24, 2.45) is 0 Å². The Balaban J connectivity index is 1.67. The van der Waals surface area contributed by atoms with Crippen molar-refractivity contribution < 1.29 is 9.21 Å². The SMILES string of the molecule is Cc1cccc(NC(=O)/C(C#N)=c2/s/c(=C/c3ccc(-c4ccccc4Cl)o3)c(=O)n2-c2ccccc2)c1. The normalized spacial score (nSPS) is 12.2. The van der Waals surface area contributed by atoms with Crippen LogP contribution in [-0.4, -0.2) is 10.5 Å². The molecule has 6 nitrogen and oxygen atoms in total. The van der Waals surface area contributed by atoms with Crippen LogP contribution in [0.3, 0.4) is 0 Å². The van der Waals surface area contributed by atoms with Gasteiger partial charge in [0.05, 0.1) is 15.2 Å². The van der Waals surface area contributed by atoms with Crippen molar-refractivity contribution in [3.05, 3.63) is 127 Å². The number of hydrogen-bond donors (Lipinski definition) is 1. The second-order valence-electron chi connectivity index (χ2n) is 8.38. The Labute approximate surface area is 227 Å². The van der Waals surface area contributed by atoms with E-state index in [0.29, 0.717) is 32.5 Å². The van der Waals surface area contributed by atoms with Crippen LogP contribution < -0.4 is 20.1 Å². The molecule has 186 valence electrons. The van der Waals surface area contributed by atoms with Gasteiger partial charge in [-0.3, -0.25) is 14.2 Å². The molecule has 0 saturated heterocycles. The van der Waals surface area contributed by atoms with Crippen LogP contribution in [0, 0.1) is 18.3 Å². The van der Waals surface area contributed by atoms with E-state index < -0.39 is 5.91 Å².